The van der Waals surface area contributed by atoms with Crippen LogP contribution >= 0.6 is 0 Å². The van der Waals surface area contributed by atoms with Gasteiger partial charge >= 0.3 is 0 Å². The minimum absolute atomic E-state index is 0.0479. The third kappa shape index (κ3) is 2.14. The topological polar surface area (TPSA) is 38.9 Å². The van der Waals surface area contributed by atoms with Crippen LogP contribution in [0.3, 0.4) is 0 Å². The van der Waals surface area contributed by atoms with Crippen molar-refractivity contribution in [2.75, 3.05) is 0 Å². The van der Waals surface area contributed by atoms with E-state index in [9.17, 15) is 0 Å². The van der Waals surface area contributed by atoms with Crippen molar-refractivity contribution >= 4 is 0 Å². The Kier molecular flexibility index (Phi) is 3.35. The van der Waals surface area contributed by atoms with Gasteiger partial charge in [-0.3, -0.25) is 4.98 Å². The van der Waals surface area contributed by atoms with Crippen LogP contribution in [0, 0.1) is 20.8 Å². The number of fused-ring (bicyclic) bond motifs is 1. The highest BCUT2D eigenvalue weighted by atomic mass is 14.8. The van der Waals surface area contributed by atoms with E-state index >= 15 is 0 Å². The summed E-state index contributed by atoms with van der Waals surface area (Å²) in [7, 11) is 0. The quantitative estimate of drug-likeness (QED) is 0.899. The molecule has 1 heterocycles. The van der Waals surface area contributed by atoms with E-state index in [4.69, 9.17) is 5.73 Å². The fraction of sp³-hybridized carbons (Fsp3) is 0.389. The molecule has 0 fully saturated rings. The van der Waals surface area contributed by atoms with Crippen molar-refractivity contribution in [3.05, 3.63) is 64.0 Å². The van der Waals surface area contributed by atoms with Crippen LogP contribution in [0.1, 0.15) is 51.9 Å². The lowest BCUT2D eigenvalue weighted by molar-refractivity contribution is 0.537. The molecule has 2 atom stereocenters. The minimum Gasteiger partial charge on any atom is -0.323 e. The van der Waals surface area contributed by atoms with Gasteiger partial charge in [0.1, 0.15) is 0 Å². The van der Waals surface area contributed by atoms with Crippen molar-refractivity contribution in [3.63, 3.8) is 0 Å². The van der Waals surface area contributed by atoms with E-state index in [0.717, 1.165) is 12.8 Å². The Morgan fingerprint density at radius 2 is 1.90 bits per heavy atom. The summed E-state index contributed by atoms with van der Waals surface area (Å²) < 4.78 is 0. The highest BCUT2D eigenvalue weighted by Crippen LogP contribution is 2.40. The van der Waals surface area contributed by atoms with E-state index in [0.29, 0.717) is 5.92 Å². The molecule has 20 heavy (non-hydrogen) atoms. The van der Waals surface area contributed by atoms with Gasteiger partial charge in [-0.15, -0.1) is 0 Å². The smallest absolute Gasteiger partial charge is 0.0485 e. The molecule has 0 bridgehead atoms. The largest absolute Gasteiger partial charge is 0.323 e. The van der Waals surface area contributed by atoms with Gasteiger partial charge in [-0.05, 0) is 61.9 Å². The van der Waals surface area contributed by atoms with Gasteiger partial charge in [0.25, 0.3) is 0 Å². The summed E-state index contributed by atoms with van der Waals surface area (Å²) in [5, 5.41) is 0. The first-order valence-electron chi connectivity index (χ1n) is 7.35. The molecule has 1 aliphatic carbocycles. The normalized spacial score (nSPS) is 18.9. The van der Waals surface area contributed by atoms with Gasteiger partial charge in [0.05, 0.1) is 0 Å². The molecule has 0 radical (unpaired) electrons. The molecule has 2 nitrogen and oxygen atoms in total. The van der Waals surface area contributed by atoms with Crippen molar-refractivity contribution in [1.29, 1.82) is 0 Å². The number of nitrogens with two attached hydrogens (primary N) is 1. The summed E-state index contributed by atoms with van der Waals surface area (Å²) in [4.78, 5) is 4.58. The molecule has 1 aliphatic rings. The number of pyridine rings is 1. The Hall–Kier alpha value is -1.67. The molecule has 0 saturated heterocycles. The Morgan fingerprint density at radius 3 is 2.60 bits per heavy atom. The average Bonchev–Trinajstić information content (AvgIpc) is 2.81. The molecular formula is C18H22N2. The molecule has 1 aromatic carbocycles. The van der Waals surface area contributed by atoms with Gasteiger partial charge in [0, 0.05) is 23.9 Å². The second-order valence-corrected chi connectivity index (χ2v) is 6.03. The number of benzene rings is 1. The summed E-state index contributed by atoms with van der Waals surface area (Å²) in [5.74, 6) is 0.353. The summed E-state index contributed by atoms with van der Waals surface area (Å²) in [5.41, 5.74) is 14.4. The van der Waals surface area contributed by atoms with Crippen molar-refractivity contribution < 1.29 is 0 Å². The summed E-state index contributed by atoms with van der Waals surface area (Å²) >= 11 is 0. The van der Waals surface area contributed by atoms with Crippen molar-refractivity contribution in [1.82, 2.24) is 4.98 Å². The monoisotopic (exact) mass is 266 g/mol. The fourth-order valence-electron chi connectivity index (χ4n) is 3.71. The SMILES string of the molecule is Cc1cc(C)c(C(N)C2CCc3cccnc32)c(C)c1. The molecule has 2 heteroatoms. The summed E-state index contributed by atoms with van der Waals surface area (Å²) in [6, 6.07) is 8.72. The Morgan fingerprint density at radius 1 is 1.20 bits per heavy atom. The number of hydrogen-bond donors (Lipinski definition) is 1. The number of aryl methyl sites for hydroxylation is 4. The maximum absolute atomic E-state index is 6.63. The molecular weight excluding hydrogens is 244 g/mol. The third-order valence-electron chi connectivity index (χ3n) is 4.51. The maximum Gasteiger partial charge on any atom is 0.0485 e. The van der Waals surface area contributed by atoms with Crippen LogP contribution in [-0.2, 0) is 6.42 Å². The standard InChI is InChI=1S/C18H22N2/c1-11-9-12(2)16(13(3)10-11)17(19)15-7-6-14-5-4-8-20-18(14)15/h4-5,8-10,15,17H,6-7,19H2,1-3H3. The van der Waals surface area contributed by atoms with E-state index in [1.165, 1.54) is 33.5 Å². The van der Waals surface area contributed by atoms with Gasteiger partial charge in [0.2, 0.25) is 0 Å². The maximum atomic E-state index is 6.63. The van der Waals surface area contributed by atoms with E-state index < -0.39 is 0 Å². The highest BCUT2D eigenvalue weighted by Gasteiger charge is 2.31. The van der Waals surface area contributed by atoms with Crippen LogP contribution in [0.5, 0.6) is 0 Å². The molecule has 0 aliphatic heterocycles. The molecule has 1 aromatic heterocycles. The fourth-order valence-corrected chi connectivity index (χ4v) is 3.71. The van der Waals surface area contributed by atoms with Gasteiger partial charge in [-0.2, -0.15) is 0 Å². The summed E-state index contributed by atoms with van der Waals surface area (Å²) in [6.45, 7) is 6.48. The van der Waals surface area contributed by atoms with Crippen LogP contribution in [0.25, 0.3) is 0 Å². The van der Waals surface area contributed by atoms with Crippen molar-refractivity contribution in [3.8, 4) is 0 Å². The number of aromatic nitrogens is 1. The molecule has 2 aromatic rings. The lowest BCUT2D eigenvalue weighted by Crippen LogP contribution is -2.21. The van der Waals surface area contributed by atoms with E-state index in [2.05, 4.69) is 44.0 Å². The van der Waals surface area contributed by atoms with Crippen LogP contribution < -0.4 is 5.73 Å². The number of rotatable bonds is 2. The van der Waals surface area contributed by atoms with E-state index in [1.54, 1.807) is 0 Å². The van der Waals surface area contributed by atoms with E-state index in [-0.39, 0.29) is 6.04 Å². The second-order valence-electron chi connectivity index (χ2n) is 6.03. The van der Waals surface area contributed by atoms with E-state index in [1.807, 2.05) is 12.3 Å². The zero-order valence-electron chi connectivity index (χ0n) is 12.5. The predicted molar refractivity (Wildman–Crippen MR) is 82.9 cm³/mol. The summed E-state index contributed by atoms with van der Waals surface area (Å²) in [6.07, 6.45) is 4.10. The lowest BCUT2D eigenvalue weighted by atomic mass is 9.86. The zero-order chi connectivity index (χ0) is 14.3. The second kappa shape index (κ2) is 5.02. The number of hydrogen-bond acceptors (Lipinski definition) is 2. The predicted octanol–water partition coefficient (Wildman–Crippen LogP) is 3.74. The average molecular weight is 266 g/mol. The van der Waals surface area contributed by atoms with Crippen LogP contribution in [0.4, 0.5) is 0 Å². The van der Waals surface area contributed by atoms with Crippen molar-refractivity contribution in [2.24, 2.45) is 5.73 Å². The zero-order valence-corrected chi connectivity index (χ0v) is 12.5. The molecule has 104 valence electrons. The minimum atomic E-state index is 0.0479. The first kappa shape index (κ1) is 13.3. The number of nitrogens with zero attached hydrogens (tertiary/aromatic N) is 1. The molecule has 2 N–H and O–H groups in total. The molecule has 2 unspecified atom stereocenters. The highest BCUT2D eigenvalue weighted by molar-refractivity contribution is 5.42. The molecule has 0 spiro atoms. The molecule has 0 amide bonds. The van der Waals surface area contributed by atoms with Gasteiger partial charge in [-0.1, -0.05) is 23.8 Å². The van der Waals surface area contributed by atoms with Gasteiger partial charge in [0.15, 0.2) is 0 Å². The lowest BCUT2D eigenvalue weighted by Gasteiger charge is -2.24. The van der Waals surface area contributed by atoms with Crippen LogP contribution in [0.15, 0.2) is 30.5 Å². The molecule has 0 saturated carbocycles. The molecule has 3 rings (SSSR count). The van der Waals surface area contributed by atoms with Crippen molar-refractivity contribution in [2.45, 2.75) is 45.6 Å². The first-order valence-corrected chi connectivity index (χ1v) is 7.35. The Labute approximate surface area is 121 Å². The first-order chi connectivity index (χ1) is 9.58. The Balaban J connectivity index is 2.01. The van der Waals surface area contributed by atoms with Crippen LogP contribution in [-0.4, -0.2) is 4.98 Å². The van der Waals surface area contributed by atoms with Gasteiger partial charge < -0.3 is 5.73 Å². The van der Waals surface area contributed by atoms with Crippen LogP contribution in [0.2, 0.25) is 0 Å². The Bertz CT molecular complexity index is 623. The van der Waals surface area contributed by atoms with Gasteiger partial charge in [-0.25, -0.2) is 0 Å². The third-order valence-corrected chi connectivity index (χ3v) is 4.51.